The van der Waals surface area contributed by atoms with E-state index >= 15 is 0 Å². The van der Waals surface area contributed by atoms with Gasteiger partial charge in [0.25, 0.3) is 0 Å². The highest BCUT2D eigenvalue weighted by Gasteiger charge is 2.10. The molecule has 0 unspecified atom stereocenters. The Kier molecular flexibility index (Phi) is 2.68. The third-order valence-electron chi connectivity index (χ3n) is 2.79. The number of hydrogen-bond donors (Lipinski definition) is 1. The minimum absolute atomic E-state index is 0.705. The molecule has 14 heavy (non-hydrogen) atoms. The van der Waals surface area contributed by atoms with Crippen LogP contribution in [-0.4, -0.2) is 0 Å². The van der Waals surface area contributed by atoms with Gasteiger partial charge in [-0.3, -0.25) is 0 Å². The molecular formula is C10H14N4. The lowest BCUT2D eigenvalue weighted by molar-refractivity contribution is 1.22. The second-order valence-electron chi connectivity index (χ2n) is 3.45. The quantitative estimate of drug-likeness (QED) is 0.313. The Morgan fingerprint density at radius 2 is 1.43 bits per heavy atom. The van der Waals surface area contributed by atoms with Crippen LogP contribution in [0.2, 0.25) is 0 Å². The first-order valence-electron chi connectivity index (χ1n) is 4.41. The van der Waals surface area contributed by atoms with Gasteiger partial charge in [-0.15, -0.1) is 0 Å². The van der Waals surface area contributed by atoms with Crippen molar-refractivity contribution >= 4 is 11.4 Å². The molecule has 1 rings (SSSR count). The van der Waals surface area contributed by atoms with Crippen LogP contribution in [0.15, 0.2) is 5.11 Å². The van der Waals surface area contributed by atoms with Crippen molar-refractivity contribution in [3.8, 4) is 0 Å². The zero-order valence-electron chi connectivity index (χ0n) is 8.92. The van der Waals surface area contributed by atoms with Gasteiger partial charge in [-0.25, -0.2) is 0 Å². The summed E-state index contributed by atoms with van der Waals surface area (Å²) in [5, 5.41) is 3.69. The minimum atomic E-state index is 0.705. The van der Waals surface area contributed by atoms with Gasteiger partial charge in [-0.1, -0.05) is 5.11 Å². The molecule has 1 aromatic rings. The van der Waals surface area contributed by atoms with E-state index in [2.05, 4.69) is 10.0 Å². The largest absolute Gasteiger partial charge is 0.398 e. The average molecular weight is 190 g/mol. The molecule has 0 saturated carbocycles. The molecule has 2 N–H and O–H groups in total. The number of nitrogens with zero attached hydrogens (tertiary/aromatic N) is 3. The van der Waals surface area contributed by atoms with Gasteiger partial charge >= 0.3 is 0 Å². The van der Waals surface area contributed by atoms with Crippen molar-refractivity contribution in [2.45, 2.75) is 27.7 Å². The van der Waals surface area contributed by atoms with Crippen LogP contribution in [0, 0.1) is 27.7 Å². The Hall–Kier alpha value is -1.67. The van der Waals surface area contributed by atoms with Crippen molar-refractivity contribution < 1.29 is 0 Å². The summed E-state index contributed by atoms with van der Waals surface area (Å²) in [7, 11) is 0. The summed E-state index contributed by atoms with van der Waals surface area (Å²) in [4.78, 5) is 2.82. The van der Waals surface area contributed by atoms with Crippen LogP contribution in [0.4, 0.5) is 11.4 Å². The summed E-state index contributed by atoms with van der Waals surface area (Å²) in [5.41, 5.74) is 19.8. The zero-order valence-corrected chi connectivity index (χ0v) is 8.92. The Balaban J connectivity index is 3.67. The third-order valence-corrected chi connectivity index (χ3v) is 2.79. The predicted octanol–water partition coefficient (Wildman–Crippen LogP) is 3.44. The topological polar surface area (TPSA) is 74.8 Å². The van der Waals surface area contributed by atoms with Gasteiger partial charge in [0.15, 0.2) is 0 Å². The molecule has 0 bridgehead atoms. The maximum atomic E-state index is 8.45. The van der Waals surface area contributed by atoms with Crippen LogP contribution in [0.1, 0.15) is 22.3 Å². The summed E-state index contributed by atoms with van der Waals surface area (Å²) < 4.78 is 0. The maximum Gasteiger partial charge on any atom is 0.0440 e. The van der Waals surface area contributed by atoms with E-state index in [9.17, 15) is 0 Å². The Morgan fingerprint density at radius 3 is 1.79 bits per heavy atom. The molecule has 0 aliphatic rings. The van der Waals surface area contributed by atoms with E-state index in [1.165, 1.54) is 0 Å². The summed E-state index contributed by atoms with van der Waals surface area (Å²) >= 11 is 0. The first kappa shape index (κ1) is 10.4. The molecule has 0 atom stereocenters. The number of rotatable bonds is 1. The molecule has 0 heterocycles. The van der Waals surface area contributed by atoms with Gasteiger partial charge in [0, 0.05) is 16.3 Å². The molecule has 4 nitrogen and oxygen atoms in total. The first-order chi connectivity index (χ1) is 6.50. The summed E-state index contributed by atoms with van der Waals surface area (Å²) in [6.07, 6.45) is 0. The summed E-state index contributed by atoms with van der Waals surface area (Å²) in [6.45, 7) is 7.71. The second-order valence-corrected chi connectivity index (χ2v) is 3.45. The Morgan fingerprint density at radius 1 is 1.00 bits per heavy atom. The fourth-order valence-electron chi connectivity index (χ4n) is 1.52. The molecule has 0 saturated heterocycles. The van der Waals surface area contributed by atoms with E-state index in [4.69, 9.17) is 11.3 Å². The third kappa shape index (κ3) is 1.40. The lowest BCUT2D eigenvalue weighted by Crippen LogP contribution is -1.99. The number of hydrogen-bond acceptors (Lipinski definition) is 2. The van der Waals surface area contributed by atoms with Crippen molar-refractivity contribution in [2.75, 3.05) is 5.73 Å². The van der Waals surface area contributed by atoms with Crippen molar-refractivity contribution in [1.29, 1.82) is 0 Å². The van der Waals surface area contributed by atoms with Crippen molar-refractivity contribution in [1.82, 2.24) is 0 Å². The summed E-state index contributed by atoms with van der Waals surface area (Å²) in [5.74, 6) is 0. The van der Waals surface area contributed by atoms with E-state index in [1.807, 2.05) is 27.7 Å². The van der Waals surface area contributed by atoms with Crippen LogP contribution in [0.5, 0.6) is 0 Å². The normalized spacial score (nSPS) is 9.71. The minimum Gasteiger partial charge on any atom is -0.398 e. The number of anilines is 1. The number of azide groups is 1. The van der Waals surface area contributed by atoms with Crippen molar-refractivity contribution in [3.05, 3.63) is 32.7 Å². The highest BCUT2D eigenvalue weighted by molar-refractivity contribution is 5.69. The molecule has 74 valence electrons. The first-order valence-corrected chi connectivity index (χ1v) is 4.41. The molecule has 0 aromatic heterocycles. The fourth-order valence-corrected chi connectivity index (χ4v) is 1.52. The predicted molar refractivity (Wildman–Crippen MR) is 58.6 cm³/mol. The molecule has 0 amide bonds. The Bertz CT molecular complexity index is 399. The standard InChI is InChI=1S/C10H14N4/c1-5-7(3)10(13-14-12)8(4)6(2)9(5)11/h11H2,1-4H3. The molecular weight excluding hydrogens is 176 g/mol. The molecule has 4 heteroatoms. The number of nitrogens with two attached hydrogens (primary N) is 1. The second kappa shape index (κ2) is 3.60. The van der Waals surface area contributed by atoms with E-state index in [0.29, 0.717) is 5.69 Å². The SMILES string of the molecule is Cc1c(C)c(N=[N+]=[N-])c(C)c(C)c1N. The van der Waals surface area contributed by atoms with Gasteiger partial charge in [0.1, 0.15) is 0 Å². The number of benzene rings is 1. The molecule has 0 aliphatic heterocycles. The molecule has 0 fully saturated rings. The Labute approximate surface area is 83.4 Å². The van der Waals surface area contributed by atoms with Crippen LogP contribution in [-0.2, 0) is 0 Å². The molecule has 1 aromatic carbocycles. The van der Waals surface area contributed by atoms with E-state index in [-0.39, 0.29) is 0 Å². The number of nitrogen functional groups attached to an aromatic ring is 1. The highest BCUT2D eigenvalue weighted by atomic mass is 15.1. The van der Waals surface area contributed by atoms with Crippen LogP contribution in [0.3, 0.4) is 0 Å². The van der Waals surface area contributed by atoms with Crippen molar-refractivity contribution in [2.24, 2.45) is 5.11 Å². The fraction of sp³-hybridized carbons (Fsp3) is 0.400. The monoisotopic (exact) mass is 190 g/mol. The van der Waals surface area contributed by atoms with Gasteiger partial charge < -0.3 is 5.73 Å². The van der Waals surface area contributed by atoms with Gasteiger partial charge in [0.2, 0.25) is 0 Å². The lowest BCUT2D eigenvalue weighted by Gasteiger charge is -2.14. The zero-order chi connectivity index (χ0) is 10.9. The summed E-state index contributed by atoms with van der Waals surface area (Å²) in [6, 6.07) is 0. The lowest BCUT2D eigenvalue weighted by atomic mass is 9.97. The van der Waals surface area contributed by atoms with Gasteiger partial charge in [-0.2, -0.15) is 0 Å². The van der Waals surface area contributed by atoms with Crippen LogP contribution >= 0.6 is 0 Å². The van der Waals surface area contributed by atoms with E-state index in [1.54, 1.807) is 0 Å². The molecule has 0 radical (unpaired) electrons. The highest BCUT2D eigenvalue weighted by Crippen LogP contribution is 2.34. The molecule has 0 aliphatic carbocycles. The van der Waals surface area contributed by atoms with Gasteiger partial charge in [0.05, 0.1) is 0 Å². The average Bonchev–Trinajstić information content (AvgIpc) is 2.19. The van der Waals surface area contributed by atoms with Crippen LogP contribution in [0.25, 0.3) is 10.4 Å². The van der Waals surface area contributed by atoms with Gasteiger partial charge in [-0.05, 0) is 55.5 Å². The van der Waals surface area contributed by atoms with E-state index in [0.717, 1.165) is 27.9 Å². The van der Waals surface area contributed by atoms with E-state index < -0.39 is 0 Å². The maximum absolute atomic E-state index is 8.45. The van der Waals surface area contributed by atoms with Crippen LogP contribution < -0.4 is 5.73 Å². The molecule has 0 spiro atoms. The smallest absolute Gasteiger partial charge is 0.0440 e. The van der Waals surface area contributed by atoms with Crippen molar-refractivity contribution in [3.63, 3.8) is 0 Å².